The molecule has 5 heteroatoms. The van der Waals surface area contributed by atoms with E-state index in [1.165, 1.54) is 5.56 Å². The first-order valence-electron chi connectivity index (χ1n) is 7.70. The minimum atomic E-state index is -0.439. The van der Waals surface area contributed by atoms with Crippen LogP contribution in [-0.2, 0) is 4.79 Å². The van der Waals surface area contributed by atoms with Gasteiger partial charge in [-0.2, -0.15) is 0 Å². The van der Waals surface area contributed by atoms with Crippen molar-refractivity contribution in [1.29, 1.82) is 0 Å². The largest absolute Gasteiger partial charge is 0.360 e. The molecule has 0 radical (unpaired) electrons. The fourth-order valence-electron chi connectivity index (χ4n) is 1.97. The first-order chi connectivity index (χ1) is 10.3. The maximum absolute atomic E-state index is 12.0. The van der Waals surface area contributed by atoms with Crippen LogP contribution < -0.4 is 15.5 Å². The van der Waals surface area contributed by atoms with E-state index >= 15 is 0 Å². The molecule has 5 nitrogen and oxygen atoms in total. The molecule has 0 fully saturated rings. The molecule has 2 N–H and O–H groups in total. The number of aryl methyl sites for hydroxylation is 1. The third kappa shape index (κ3) is 6.16. The normalized spacial score (nSPS) is 10.7. The van der Waals surface area contributed by atoms with Crippen LogP contribution in [0.4, 0.5) is 10.5 Å². The van der Waals surface area contributed by atoms with Crippen LogP contribution in [0.5, 0.6) is 0 Å². The van der Waals surface area contributed by atoms with Crippen molar-refractivity contribution in [2.75, 3.05) is 18.0 Å². The molecule has 122 valence electrons. The summed E-state index contributed by atoms with van der Waals surface area (Å²) in [5.41, 5.74) is 2.14. The van der Waals surface area contributed by atoms with E-state index in [-0.39, 0.29) is 18.5 Å². The summed E-state index contributed by atoms with van der Waals surface area (Å²) in [6.07, 6.45) is 0. The van der Waals surface area contributed by atoms with E-state index in [4.69, 9.17) is 0 Å². The standard InChI is InChI=1S/C17H27N3O2/c1-12(2)10-18-17(22)19-16(21)11-20(13(3)4)15-8-6-14(5)7-9-15/h6-9,12-13H,10-11H2,1-5H3,(H2,18,19,21,22). The van der Waals surface area contributed by atoms with E-state index in [1.807, 2.05) is 63.8 Å². The van der Waals surface area contributed by atoms with Crippen LogP contribution in [-0.4, -0.2) is 31.1 Å². The second-order valence-corrected chi connectivity index (χ2v) is 6.21. The van der Waals surface area contributed by atoms with Gasteiger partial charge in [0.2, 0.25) is 5.91 Å². The second-order valence-electron chi connectivity index (χ2n) is 6.21. The minimum Gasteiger partial charge on any atom is -0.360 e. The Morgan fingerprint density at radius 3 is 2.18 bits per heavy atom. The van der Waals surface area contributed by atoms with Crippen molar-refractivity contribution < 1.29 is 9.59 Å². The summed E-state index contributed by atoms with van der Waals surface area (Å²) in [6.45, 7) is 10.8. The van der Waals surface area contributed by atoms with Gasteiger partial charge in [0.15, 0.2) is 0 Å². The maximum Gasteiger partial charge on any atom is 0.321 e. The van der Waals surface area contributed by atoms with E-state index in [0.29, 0.717) is 12.5 Å². The lowest BCUT2D eigenvalue weighted by Crippen LogP contribution is -2.46. The van der Waals surface area contributed by atoms with Crippen LogP contribution in [0.2, 0.25) is 0 Å². The highest BCUT2D eigenvalue weighted by Gasteiger charge is 2.16. The molecule has 1 aromatic rings. The third-order valence-electron chi connectivity index (χ3n) is 3.23. The van der Waals surface area contributed by atoms with Gasteiger partial charge in [0.05, 0.1) is 6.54 Å². The van der Waals surface area contributed by atoms with Crippen LogP contribution in [0, 0.1) is 12.8 Å². The van der Waals surface area contributed by atoms with Crippen LogP contribution in [0.3, 0.4) is 0 Å². The zero-order valence-corrected chi connectivity index (χ0v) is 14.1. The molecule has 0 spiro atoms. The van der Waals surface area contributed by atoms with Crippen LogP contribution in [0.1, 0.15) is 33.3 Å². The Labute approximate surface area is 133 Å². The number of carbonyl (C=O) groups is 2. The molecule has 0 heterocycles. The van der Waals surface area contributed by atoms with Gasteiger partial charge in [0.1, 0.15) is 0 Å². The fourth-order valence-corrected chi connectivity index (χ4v) is 1.97. The number of rotatable bonds is 6. The summed E-state index contributed by atoms with van der Waals surface area (Å²) in [4.78, 5) is 25.6. The molecule has 1 rings (SSSR count). The first-order valence-corrected chi connectivity index (χ1v) is 7.70. The number of nitrogens with zero attached hydrogens (tertiary/aromatic N) is 1. The highest BCUT2D eigenvalue weighted by molar-refractivity contribution is 5.96. The SMILES string of the molecule is Cc1ccc(N(CC(=O)NC(=O)NCC(C)C)C(C)C)cc1. The lowest BCUT2D eigenvalue weighted by molar-refractivity contribution is -0.118. The quantitative estimate of drug-likeness (QED) is 0.849. The van der Waals surface area contributed by atoms with E-state index in [9.17, 15) is 9.59 Å². The second kappa shape index (κ2) is 8.41. The van der Waals surface area contributed by atoms with E-state index in [2.05, 4.69) is 10.6 Å². The predicted octanol–water partition coefficient (Wildman–Crippen LogP) is 2.69. The van der Waals surface area contributed by atoms with Gasteiger partial charge >= 0.3 is 6.03 Å². The summed E-state index contributed by atoms with van der Waals surface area (Å²) >= 11 is 0. The molecular weight excluding hydrogens is 278 g/mol. The van der Waals surface area contributed by atoms with Crippen molar-refractivity contribution in [2.24, 2.45) is 5.92 Å². The molecule has 0 aliphatic carbocycles. The van der Waals surface area contributed by atoms with Crippen molar-refractivity contribution >= 4 is 17.6 Å². The van der Waals surface area contributed by atoms with Crippen molar-refractivity contribution in [2.45, 2.75) is 40.7 Å². The average Bonchev–Trinajstić information content (AvgIpc) is 2.43. The lowest BCUT2D eigenvalue weighted by Gasteiger charge is -2.28. The minimum absolute atomic E-state index is 0.149. The highest BCUT2D eigenvalue weighted by atomic mass is 16.2. The monoisotopic (exact) mass is 305 g/mol. The Balaban J connectivity index is 2.61. The summed E-state index contributed by atoms with van der Waals surface area (Å²) < 4.78 is 0. The van der Waals surface area contributed by atoms with Gasteiger partial charge in [-0.05, 0) is 38.8 Å². The Hall–Kier alpha value is -2.04. The molecule has 0 saturated carbocycles. The average molecular weight is 305 g/mol. The topological polar surface area (TPSA) is 61.4 Å². The molecule has 0 saturated heterocycles. The molecule has 22 heavy (non-hydrogen) atoms. The van der Waals surface area contributed by atoms with Gasteiger partial charge in [-0.1, -0.05) is 31.5 Å². The van der Waals surface area contributed by atoms with Crippen molar-refractivity contribution in [1.82, 2.24) is 10.6 Å². The number of nitrogens with one attached hydrogen (secondary N) is 2. The summed E-state index contributed by atoms with van der Waals surface area (Å²) in [6, 6.07) is 7.72. The number of anilines is 1. The molecular formula is C17H27N3O2. The van der Waals surface area contributed by atoms with Crippen LogP contribution in [0.15, 0.2) is 24.3 Å². The summed E-state index contributed by atoms with van der Waals surface area (Å²) in [5.74, 6) is 0.0381. The van der Waals surface area contributed by atoms with Crippen LogP contribution in [0.25, 0.3) is 0 Å². The Morgan fingerprint density at radius 2 is 1.68 bits per heavy atom. The van der Waals surface area contributed by atoms with Crippen LogP contribution >= 0.6 is 0 Å². The molecule has 0 aliphatic heterocycles. The zero-order chi connectivity index (χ0) is 16.7. The number of hydrogen-bond donors (Lipinski definition) is 2. The van der Waals surface area contributed by atoms with Gasteiger partial charge in [-0.15, -0.1) is 0 Å². The number of hydrogen-bond acceptors (Lipinski definition) is 3. The molecule has 0 aromatic heterocycles. The first kappa shape index (κ1) is 18.0. The van der Waals surface area contributed by atoms with Crippen molar-refractivity contribution in [3.8, 4) is 0 Å². The maximum atomic E-state index is 12.0. The molecule has 0 aliphatic rings. The number of urea groups is 1. The van der Waals surface area contributed by atoms with E-state index in [1.54, 1.807) is 0 Å². The summed E-state index contributed by atoms with van der Waals surface area (Å²) in [5, 5.41) is 5.04. The Bertz CT molecular complexity index is 495. The Kier molecular flexibility index (Phi) is 6.89. The number of carbonyl (C=O) groups excluding carboxylic acids is 2. The highest BCUT2D eigenvalue weighted by Crippen LogP contribution is 2.17. The zero-order valence-electron chi connectivity index (χ0n) is 14.1. The van der Waals surface area contributed by atoms with Gasteiger partial charge < -0.3 is 10.2 Å². The van der Waals surface area contributed by atoms with Crippen molar-refractivity contribution in [3.05, 3.63) is 29.8 Å². The van der Waals surface area contributed by atoms with Gasteiger partial charge in [0, 0.05) is 18.3 Å². The van der Waals surface area contributed by atoms with E-state index in [0.717, 1.165) is 5.69 Å². The third-order valence-corrected chi connectivity index (χ3v) is 3.23. The molecule has 1 aromatic carbocycles. The number of imide groups is 1. The van der Waals surface area contributed by atoms with Gasteiger partial charge in [-0.25, -0.2) is 4.79 Å². The van der Waals surface area contributed by atoms with E-state index < -0.39 is 6.03 Å². The summed E-state index contributed by atoms with van der Waals surface area (Å²) in [7, 11) is 0. The number of benzene rings is 1. The van der Waals surface area contributed by atoms with Crippen molar-refractivity contribution in [3.63, 3.8) is 0 Å². The Morgan fingerprint density at radius 1 is 1.09 bits per heavy atom. The van der Waals surface area contributed by atoms with Gasteiger partial charge in [0.25, 0.3) is 0 Å². The predicted molar refractivity (Wildman–Crippen MR) is 90.0 cm³/mol. The molecule has 0 bridgehead atoms. The smallest absolute Gasteiger partial charge is 0.321 e. The molecule has 3 amide bonds. The van der Waals surface area contributed by atoms with Gasteiger partial charge in [-0.3, -0.25) is 10.1 Å². The number of amides is 3. The fraction of sp³-hybridized carbons (Fsp3) is 0.529. The molecule has 0 unspecified atom stereocenters. The lowest BCUT2D eigenvalue weighted by atomic mass is 10.2. The molecule has 0 atom stereocenters.